The minimum absolute atomic E-state index is 0.0598. The molecule has 0 spiro atoms. The lowest BCUT2D eigenvalue weighted by Gasteiger charge is -2.41. The van der Waals surface area contributed by atoms with Gasteiger partial charge in [0.25, 0.3) is 0 Å². The molecule has 2 amide bonds. The van der Waals surface area contributed by atoms with E-state index in [0.717, 1.165) is 33.3 Å². The average Bonchev–Trinajstić information content (AvgIpc) is 3.53. The summed E-state index contributed by atoms with van der Waals surface area (Å²) in [4.78, 5) is 45.0. The first-order valence-corrected chi connectivity index (χ1v) is 17.1. The predicted molar refractivity (Wildman–Crippen MR) is 198 cm³/mol. The Balaban J connectivity index is 1.36. The third kappa shape index (κ3) is 7.86. The fourth-order valence-electron chi connectivity index (χ4n) is 6.58. The second-order valence-corrected chi connectivity index (χ2v) is 13.7. The van der Waals surface area contributed by atoms with Crippen LogP contribution in [-0.2, 0) is 29.1 Å². The number of nitrogens with zero attached hydrogens (tertiary/aromatic N) is 1. The lowest BCUT2D eigenvalue weighted by molar-refractivity contribution is -0.127. The molecule has 1 aliphatic heterocycles. The highest BCUT2D eigenvalue weighted by molar-refractivity contribution is 5.91. The number of carbonyl (C=O) groups excluding carboxylic acids is 2. The van der Waals surface area contributed by atoms with Crippen molar-refractivity contribution in [2.24, 2.45) is 0 Å². The fourth-order valence-corrected chi connectivity index (χ4v) is 6.58. The summed E-state index contributed by atoms with van der Waals surface area (Å²) < 4.78 is 28.6. The first-order chi connectivity index (χ1) is 25.4. The summed E-state index contributed by atoms with van der Waals surface area (Å²) in [7, 11) is 4.61. The van der Waals surface area contributed by atoms with Gasteiger partial charge in [0.2, 0.25) is 5.91 Å². The van der Waals surface area contributed by atoms with Crippen LogP contribution in [0.2, 0.25) is 0 Å². The van der Waals surface area contributed by atoms with Gasteiger partial charge >= 0.3 is 12.1 Å². The number of benzene rings is 4. The molecule has 2 heterocycles. The predicted octanol–water partition coefficient (Wildman–Crippen LogP) is 7.04. The molecular weight excluding hydrogens is 678 g/mol. The van der Waals surface area contributed by atoms with Gasteiger partial charge in [-0.15, -0.1) is 0 Å². The highest BCUT2D eigenvalue weighted by atomic mass is 16.6. The van der Waals surface area contributed by atoms with Gasteiger partial charge in [-0.1, -0.05) is 42.5 Å². The molecule has 276 valence electrons. The Morgan fingerprint density at radius 2 is 1.53 bits per heavy atom. The number of rotatable bonds is 11. The quantitative estimate of drug-likeness (QED) is 0.131. The Bertz CT molecular complexity index is 2090. The number of aromatic nitrogens is 1. The number of fused-ring (bicyclic) bond motifs is 3. The maximum Gasteiger partial charge on any atom is 0.411 e. The first-order valence-electron chi connectivity index (χ1n) is 17.1. The van der Waals surface area contributed by atoms with Crippen molar-refractivity contribution in [3.8, 4) is 23.0 Å². The van der Waals surface area contributed by atoms with Crippen molar-refractivity contribution in [3.05, 3.63) is 118 Å². The summed E-state index contributed by atoms with van der Waals surface area (Å²) in [6, 6.07) is 23.5. The molecule has 0 fully saturated rings. The zero-order valence-electron chi connectivity index (χ0n) is 30.5. The highest BCUT2D eigenvalue weighted by Gasteiger charge is 2.45. The number of methoxy groups -OCH3 is 3. The normalized spacial score (nSPS) is 15.3. The number of carbonyl (C=O) groups is 3. The molecular formula is C41H43N3O9. The number of nitrogens with one attached hydrogen (secondary N) is 2. The first kappa shape index (κ1) is 36.6. The molecule has 1 aliphatic rings. The molecule has 6 rings (SSSR count). The summed E-state index contributed by atoms with van der Waals surface area (Å²) in [5.41, 5.74) is 4.11. The topological polar surface area (TPSA) is 149 Å². The molecule has 0 bridgehead atoms. The fraction of sp³-hybridized carbons (Fsp3) is 0.293. The van der Waals surface area contributed by atoms with E-state index in [-0.39, 0.29) is 31.0 Å². The van der Waals surface area contributed by atoms with Crippen LogP contribution in [-0.4, -0.2) is 65.9 Å². The van der Waals surface area contributed by atoms with Crippen LogP contribution in [0, 0.1) is 0 Å². The van der Waals surface area contributed by atoms with E-state index in [9.17, 15) is 19.5 Å². The molecule has 3 N–H and O–H groups in total. The van der Waals surface area contributed by atoms with Crippen LogP contribution in [0.5, 0.6) is 23.0 Å². The van der Waals surface area contributed by atoms with Gasteiger partial charge in [0.1, 0.15) is 47.3 Å². The van der Waals surface area contributed by atoms with E-state index < -0.39 is 29.7 Å². The van der Waals surface area contributed by atoms with Crippen LogP contribution in [0.15, 0.2) is 84.9 Å². The summed E-state index contributed by atoms with van der Waals surface area (Å²) in [5, 5.41) is 13.2. The number of H-pyrrole nitrogens is 1. The number of carboxylic acid groups (broad SMARTS) is 1. The third-order valence-corrected chi connectivity index (χ3v) is 9.10. The van der Waals surface area contributed by atoms with Crippen LogP contribution in [0.3, 0.4) is 0 Å². The van der Waals surface area contributed by atoms with Gasteiger partial charge in [0.05, 0.1) is 39.0 Å². The molecule has 0 radical (unpaired) electrons. The second kappa shape index (κ2) is 15.2. The Labute approximate surface area is 307 Å². The highest BCUT2D eigenvalue weighted by Crippen LogP contribution is 2.42. The van der Waals surface area contributed by atoms with Gasteiger partial charge in [0.15, 0.2) is 0 Å². The molecule has 53 heavy (non-hydrogen) atoms. The number of hydrogen-bond donors (Lipinski definition) is 3. The van der Waals surface area contributed by atoms with Crippen molar-refractivity contribution in [2.45, 2.75) is 58.0 Å². The van der Waals surface area contributed by atoms with Crippen LogP contribution < -0.4 is 24.3 Å². The van der Waals surface area contributed by atoms with E-state index in [1.807, 2.05) is 48.5 Å². The number of carboxylic acids is 1. The van der Waals surface area contributed by atoms with E-state index in [1.165, 1.54) is 31.3 Å². The van der Waals surface area contributed by atoms with Gasteiger partial charge in [-0.2, -0.15) is 0 Å². The Hall–Kier alpha value is -6.17. The maximum absolute atomic E-state index is 14.4. The standard InChI is InChI=1S/C41H43N3O9/c1-41(2,3)53-40(48)44-33(38(45)42-22-31-34(50-5)19-28(49-4)20-35(31)51-6)21-30-29-9-7-8-10-32(29)43-36(30)37(44)25-15-17-27(18-16-25)52-23-24-11-13-26(14-12-24)39(46)47/h7-20,33,37,43H,21-23H2,1-6H3,(H,42,45)(H,46,47)/t33-,37+/m1/s1. The number of para-hydroxylation sites is 1. The van der Waals surface area contributed by atoms with Crippen molar-refractivity contribution in [1.29, 1.82) is 0 Å². The number of ether oxygens (including phenoxy) is 5. The van der Waals surface area contributed by atoms with Crippen LogP contribution in [0.4, 0.5) is 4.79 Å². The van der Waals surface area contributed by atoms with E-state index in [4.69, 9.17) is 23.7 Å². The molecule has 0 unspecified atom stereocenters. The second-order valence-electron chi connectivity index (χ2n) is 13.7. The van der Waals surface area contributed by atoms with Crippen molar-refractivity contribution >= 4 is 28.9 Å². The summed E-state index contributed by atoms with van der Waals surface area (Å²) in [5.74, 6) is 0.690. The van der Waals surface area contributed by atoms with Crippen molar-refractivity contribution < 1.29 is 43.2 Å². The van der Waals surface area contributed by atoms with Crippen molar-refractivity contribution in [3.63, 3.8) is 0 Å². The number of hydrogen-bond acceptors (Lipinski definition) is 8. The van der Waals surface area contributed by atoms with Crippen LogP contribution >= 0.6 is 0 Å². The smallest absolute Gasteiger partial charge is 0.411 e. The SMILES string of the molecule is COc1cc(OC)c(CNC(=O)[C@H]2Cc3c([nH]c4ccccc34)[C@H](c3ccc(OCc4ccc(C(=O)O)cc4)cc3)N2C(=O)OC(C)(C)C)c(OC)c1. The summed E-state index contributed by atoms with van der Waals surface area (Å²) in [6.45, 7) is 5.65. The molecule has 4 aromatic carbocycles. The van der Waals surface area contributed by atoms with E-state index in [0.29, 0.717) is 28.6 Å². The van der Waals surface area contributed by atoms with E-state index >= 15 is 0 Å². The van der Waals surface area contributed by atoms with Crippen LogP contribution in [0.25, 0.3) is 10.9 Å². The molecule has 1 aromatic heterocycles. The lowest BCUT2D eigenvalue weighted by Crippen LogP contribution is -2.55. The summed E-state index contributed by atoms with van der Waals surface area (Å²) >= 11 is 0. The zero-order valence-corrected chi connectivity index (χ0v) is 30.5. The van der Waals surface area contributed by atoms with Gasteiger partial charge in [-0.05, 0) is 67.8 Å². The number of aromatic carboxylic acids is 1. The molecule has 2 atom stereocenters. The van der Waals surface area contributed by atoms with Gasteiger partial charge < -0.3 is 39.1 Å². The molecule has 0 aliphatic carbocycles. The van der Waals surface area contributed by atoms with Crippen molar-refractivity contribution in [1.82, 2.24) is 15.2 Å². The van der Waals surface area contributed by atoms with Gasteiger partial charge in [-0.3, -0.25) is 9.69 Å². The Morgan fingerprint density at radius 3 is 2.13 bits per heavy atom. The zero-order chi connectivity index (χ0) is 37.9. The largest absolute Gasteiger partial charge is 0.496 e. The molecule has 12 heteroatoms. The van der Waals surface area contributed by atoms with Gasteiger partial charge in [0, 0.05) is 35.2 Å². The Kier molecular flexibility index (Phi) is 10.5. The number of aromatic amines is 1. The van der Waals surface area contributed by atoms with Gasteiger partial charge in [-0.25, -0.2) is 9.59 Å². The Morgan fingerprint density at radius 1 is 0.868 bits per heavy atom. The van der Waals surface area contributed by atoms with E-state index in [2.05, 4.69) is 10.3 Å². The molecule has 0 saturated heterocycles. The molecule has 5 aromatic rings. The third-order valence-electron chi connectivity index (χ3n) is 9.10. The number of amides is 2. The average molecular weight is 722 g/mol. The monoisotopic (exact) mass is 721 g/mol. The molecule has 0 saturated carbocycles. The molecule has 12 nitrogen and oxygen atoms in total. The van der Waals surface area contributed by atoms with Crippen LogP contribution in [0.1, 0.15) is 65.1 Å². The minimum atomic E-state index is -0.994. The summed E-state index contributed by atoms with van der Waals surface area (Å²) in [6.07, 6.45) is -0.406. The maximum atomic E-state index is 14.4. The lowest BCUT2D eigenvalue weighted by atomic mass is 9.88. The minimum Gasteiger partial charge on any atom is -0.496 e. The van der Waals surface area contributed by atoms with Crippen molar-refractivity contribution in [2.75, 3.05) is 21.3 Å². The van der Waals surface area contributed by atoms with E-state index in [1.54, 1.807) is 52.1 Å².